The lowest BCUT2D eigenvalue weighted by Crippen LogP contribution is -1.90. The molecule has 0 heterocycles. The lowest BCUT2D eigenvalue weighted by atomic mass is 10.3. The first-order valence-electron chi connectivity index (χ1n) is 1.96. The Morgan fingerprint density at radius 1 is 1.67 bits per heavy atom. The van der Waals surface area contributed by atoms with Gasteiger partial charge in [0, 0.05) is 5.57 Å². The number of aliphatic imine (C=N–C) groups is 1. The van der Waals surface area contributed by atoms with E-state index in [2.05, 4.69) is 11.6 Å². The number of halogens is 1. The maximum Gasteiger partial charge on any atom is 0.282 e. The molecule has 0 aromatic carbocycles. The molecule has 9 heavy (non-hydrogen) atoms. The molecule has 0 bridgehead atoms. The molecule has 0 fully saturated rings. The van der Waals surface area contributed by atoms with Crippen molar-refractivity contribution in [3.63, 3.8) is 0 Å². The highest BCUT2D eigenvalue weighted by atomic mass is 19.0. The first-order chi connectivity index (χ1) is 3.68. The largest absolute Gasteiger partial charge is 0.282 e. The zero-order chi connectivity index (χ0) is 6.57. The zero-order valence-electron chi connectivity index (χ0n) is 4.88. The van der Waals surface area contributed by atoms with Gasteiger partial charge in [-0.2, -0.15) is 0 Å². The summed E-state index contributed by atoms with van der Waals surface area (Å²) < 4.78 is 0. The quantitative estimate of drug-likeness (QED) is 0.297. The molecule has 4 heteroatoms. The van der Waals surface area contributed by atoms with Crippen LogP contribution in [0.5, 0.6) is 0 Å². The highest BCUT2D eigenvalue weighted by Gasteiger charge is 1.94. The summed E-state index contributed by atoms with van der Waals surface area (Å²) >= 11 is 0. The van der Waals surface area contributed by atoms with Crippen LogP contribution in [0, 0.1) is 0 Å². The molecule has 0 radical (unpaired) electrons. The molecule has 0 spiro atoms. The van der Waals surface area contributed by atoms with Crippen LogP contribution in [0.1, 0.15) is 6.92 Å². The van der Waals surface area contributed by atoms with Crippen molar-refractivity contribution >= 4 is 12.0 Å². The highest BCUT2D eigenvalue weighted by molar-refractivity contribution is 5.95. The Morgan fingerprint density at radius 3 is 2.22 bits per heavy atom. The highest BCUT2D eigenvalue weighted by Crippen LogP contribution is 1.87. The predicted molar refractivity (Wildman–Crippen MR) is 30.4 cm³/mol. The number of carbonyl (C=O) groups is 1. The molecular weight excluding hydrogens is 125 g/mol. The van der Waals surface area contributed by atoms with Crippen molar-refractivity contribution in [2.24, 2.45) is 4.99 Å². The first kappa shape index (κ1) is 10.7. The molecule has 3 nitrogen and oxygen atoms in total. The topological polar surface area (TPSA) is 46.5 Å². The summed E-state index contributed by atoms with van der Waals surface area (Å²) in [5, 5.41) is 0. The first-order valence-corrected chi connectivity index (χ1v) is 1.96. The number of rotatable bonds is 1. The third-order valence-electron chi connectivity index (χ3n) is 0.512. The third kappa shape index (κ3) is 4.58. The Hall–Kier alpha value is -1.28. The van der Waals surface area contributed by atoms with Gasteiger partial charge in [0.1, 0.15) is 0 Å². The second-order valence-electron chi connectivity index (χ2n) is 1.29. The second kappa shape index (κ2) is 4.87. The van der Waals surface area contributed by atoms with E-state index in [1.165, 1.54) is 6.92 Å². The van der Waals surface area contributed by atoms with Crippen LogP contribution < -0.4 is 0 Å². The number of nitrogens with zero attached hydrogens (tertiary/aromatic N) is 1. The summed E-state index contributed by atoms with van der Waals surface area (Å²) in [6.07, 6.45) is 1.11. The molecular formula is C5H6FNO2. The van der Waals surface area contributed by atoms with Crippen molar-refractivity contribution in [2.45, 2.75) is 6.92 Å². The summed E-state index contributed by atoms with van der Waals surface area (Å²) in [6, 6.07) is 0. The van der Waals surface area contributed by atoms with Crippen molar-refractivity contribution in [3.8, 4) is 0 Å². The van der Waals surface area contributed by atoms with E-state index in [1.807, 2.05) is 0 Å². The van der Waals surface area contributed by atoms with Crippen LogP contribution in [0.2, 0.25) is 0 Å². The van der Waals surface area contributed by atoms with Gasteiger partial charge in [0.2, 0.25) is 6.08 Å². The van der Waals surface area contributed by atoms with Gasteiger partial charge in [-0.05, 0) is 6.92 Å². The molecule has 50 valence electrons. The maximum atomic E-state index is 10.2. The van der Waals surface area contributed by atoms with Gasteiger partial charge in [-0.25, -0.2) is 4.79 Å². The molecule has 0 aliphatic carbocycles. The summed E-state index contributed by atoms with van der Waals surface area (Å²) in [6.45, 7) is 4.73. The average Bonchev–Trinajstić information content (AvgIpc) is 1.67. The maximum absolute atomic E-state index is 10.2. The van der Waals surface area contributed by atoms with E-state index in [1.54, 1.807) is 0 Å². The van der Waals surface area contributed by atoms with Gasteiger partial charge in [-0.15, -0.1) is 4.99 Å². The van der Waals surface area contributed by atoms with E-state index in [0.717, 1.165) is 6.08 Å². The Kier molecular flexibility index (Phi) is 5.76. The van der Waals surface area contributed by atoms with Crippen LogP contribution in [0.25, 0.3) is 0 Å². The van der Waals surface area contributed by atoms with Gasteiger partial charge < -0.3 is 0 Å². The Balaban J connectivity index is 0. The zero-order valence-corrected chi connectivity index (χ0v) is 4.88. The second-order valence-corrected chi connectivity index (χ2v) is 1.29. The molecule has 0 aliphatic rings. The van der Waals surface area contributed by atoms with Gasteiger partial charge in [-0.1, -0.05) is 6.58 Å². The van der Waals surface area contributed by atoms with Crippen LogP contribution in [0.3, 0.4) is 0 Å². The van der Waals surface area contributed by atoms with E-state index in [0.29, 0.717) is 0 Å². The molecule has 1 amide bonds. The summed E-state index contributed by atoms with van der Waals surface area (Å²) in [5.74, 6) is -0.611. The lowest BCUT2D eigenvalue weighted by molar-refractivity contribution is -0.114. The molecule has 0 unspecified atom stereocenters. The molecule has 0 saturated heterocycles. The fourth-order valence-corrected chi connectivity index (χ4v) is 0.137. The van der Waals surface area contributed by atoms with E-state index in [4.69, 9.17) is 0 Å². The smallest absolute Gasteiger partial charge is 0.269 e. The van der Waals surface area contributed by atoms with E-state index < -0.39 is 5.91 Å². The van der Waals surface area contributed by atoms with Crippen LogP contribution in [0.4, 0.5) is 4.70 Å². The third-order valence-corrected chi connectivity index (χ3v) is 0.512. The Labute approximate surface area is 51.5 Å². The summed E-state index contributed by atoms with van der Waals surface area (Å²) in [4.78, 5) is 22.4. The van der Waals surface area contributed by atoms with Crippen molar-refractivity contribution in [2.75, 3.05) is 0 Å². The molecule has 0 saturated carbocycles. The van der Waals surface area contributed by atoms with E-state index >= 15 is 0 Å². The summed E-state index contributed by atoms with van der Waals surface area (Å²) in [5.41, 5.74) is 0.244. The van der Waals surface area contributed by atoms with Crippen molar-refractivity contribution < 1.29 is 14.3 Å². The fraction of sp³-hybridized carbons (Fsp3) is 0.200. The number of carbonyl (C=O) groups excluding carboxylic acids is 2. The van der Waals surface area contributed by atoms with Crippen LogP contribution in [-0.4, -0.2) is 12.0 Å². The molecule has 0 N–H and O–H groups in total. The average molecular weight is 131 g/mol. The number of amides is 1. The minimum atomic E-state index is -0.611. The molecule has 0 aromatic heterocycles. The van der Waals surface area contributed by atoms with Crippen molar-refractivity contribution in [3.05, 3.63) is 12.2 Å². The minimum Gasteiger partial charge on any atom is -0.269 e. The van der Waals surface area contributed by atoms with Gasteiger partial charge in [-0.3, -0.25) is 9.50 Å². The Bertz CT molecular complexity index is 166. The number of hydrogen-bond acceptors (Lipinski definition) is 2. The molecule has 0 rings (SSSR count). The van der Waals surface area contributed by atoms with Gasteiger partial charge in [0.05, 0.1) is 0 Å². The number of isocyanates is 1. The standard InChI is InChI=1S/C5H5NO2.FH/c1-4(2)5(8)6-3-7;/h1H2,2H3;1H. The SMILES string of the molecule is C=C(C)C(=O)N=C=O.F. The monoisotopic (exact) mass is 131 g/mol. The van der Waals surface area contributed by atoms with E-state index in [9.17, 15) is 9.59 Å². The summed E-state index contributed by atoms with van der Waals surface area (Å²) in [7, 11) is 0. The number of hydrogen-bond donors (Lipinski definition) is 0. The van der Waals surface area contributed by atoms with Gasteiger partial charge in [0.25, 0.3) is 5.91 Å². The predicted octanol–water partition coefficient (Wildman–Crippen LogP) is 0.577. The van der Waals surface area contributed by atoms with Crippen LogP contribution in [-0.2, 0) is 9.59 Å². The van der Waals surface area contributed by atoms with Crippen molar-refractivity contribution in [1.82, 2.24) is 0 Å². The van der Waals surface area contributed by atoms with Crippen LogP contribution >= 0.6 is 0 Å². The fourth-order valence-electron chi connectivity index (χ4n) is 0.137. The molecule has 0 atom stereocenters. The normalized spacial score (nSPS) is 6.33. The molecule has 0 aliphatic heterocycles. The molecule has 0 aromatic rings. The minimum absolute atomic E-state index is 0. The van der Waals surface area contributed by atoms with Crippen LogP contribution in [0.15, 0.2) is 17.1 Å². The Morgan fingerprint density at radius 2 is 2.11 bits per heavy atom. The van der Waals surface area contributed by atoms with Gasteiger partial charge in [0.15, 0.2) is 0 Å². The van der Waals surface area contributed by atoms with Crippen molar-refractivity contribution in [1.29, 1.82) is 0 Å². The van der Waals surface area contributed by atoms with Gasteiger partial charge >= 0.3 is 0 Å². The lowest BCUT2D eigenvalue weighted by Gasteiger charge is -1.80. The van der Waals surface area contributed by atoms with E-state index in [-0.39, 0.29) is 10.3 Å².